The number of ether oxygens (including phenoxy) is 3. The van der Waals surface area contributed by atoms with Crippen LogP contribution in [0, 0.1) is 0 Å². The smallest absolute Gasteiger partial charge is 0.306 e. The van der Waals surface area contributed by atoms with Crippen LogP contribution in [0.15, 0.2) is 85.1 Å². The lowest BCUT2D eigenvalue weighted by Crippen LogP contribution is -2.61. The Morgan fingerprint density at radius 1 is 0.424 bits per heavy atom. The third-order valence-electron chi connectivity index (χ3n) is 18.0. The average molecular weight is 1290 g/mol. The topological polar surface area (TPSA) is 175 Å². The fourth-order valence-electron chi connectivity index (χ4n) is 11.9. The minimum atomic E-state index is -1.62. The van der Waals surface area contributed by atoms with Crippen molar-refractivity contribution in [3.63, 3.8) is 0 Å². The van der Waals surface area contributed by atoms with E-state index in [0.29, 0.717) is 19.3 Å². The van der Waals surface area contributed by atoms with Crippen LogP contribution in [0.1, 0.15) is 355 Å². The lowest BCUT2D eigenvalue weighted by Gasteiger charge is -2.41. The van der Waals surface area contributed by atoms with Crippen LogP contribution in [0.4, 0.5) is 0 Å². The molecule has 0 bridgehead atoms. The van der Waals surface area contributed by atoms with E-state index in [1.54, 1.807) is 6.08 Å². The van der Waals surface area contributed by atoms with Crippen LogP contribution in [-0.4, -0.2) is 99.6 Å². The van der Waals surface area contributed by atoms with Crippen molar-refractivity contribution < 1.29 is 49.3 Å². The number of esters is 1. The molecular formula is C81H145NO10. The summed E-state index contributed by atoms with van der Waals surface area (Å²) in [6.45, 7) is 5.78. The van der Waals surface area contributed by atoms with Crippen molar-refractivity contribution in [3.8, 4) is 0 Å². The summed E-state index contributed by atoms with van der Waals surface area (Å²) in [6, 6.07) is -1.03. The van der Waals surface area contributed by atoms with Crippen LogP contribution in [0.25, 0.3) is 0 Å². The number of carbonyl (C=O) groups is 2. The van der Waals surface area contributed by atoms with Crippen molar-refractivity contribution in [1.82, 2.24) is 5.32 Å². The Hall–Kier alpha value is -3.16. The summed E-state index contributed by atoms with van der Waals surface area (Å²) in [6.07, 6.45) is 80.5. The molecule has 11 heteroatoms. The normalized spacial score (nSPS) is 18.4. The molecule has 1 aliphatic rings. The summed E-state index contributed by atoms with van der Waals surface area (Å²) in [5.74, 6) is -1.19. The number of aliphatic hydroxyl groups excluding tert-OH is 5. The molecular weight excluding hydrogens is 1150 g/mol. The van der Waals surface area contributed by atoms with E-state index in [-0.39, 0.29) is 13.0 Å². The van der Waals surface area contributed by atoms with Gasteiger partial charge in [-0.3, -0.25) is 9.59 Å². The van der Waals surface area contributed by atoms with Gasteiger partial charge in [0.25, 0.3) is 0 Å². The second-order valence-electron chi connectivity index (χ2n) is 26.7. The fourth-order valence-corrected chi connectivity index (χ4v) is 11.9. The van der Waals surface area contributed by atoms with Crippen LogP contribution in [0.3, 0.4) is 0 Å². The highest BCUT2D eigenvalue weighted by molar-refractivity contribution is 5.80. The van der Waals surface area contributed by atoms with Crippen molar-refractivity contribution in [2.24, 2.45) is 0 Å². The number of unbranched alkanes of at least 4 members (excludes halogenated alkanes) is 41. The predicted molar refractivity (Wildman–Crippen MR) is 389 cm³/mol. The lowest BCUT2D eigenvalue weighted by atomic mass is 9.99. The number of hydrogen-bond acceptors (Lipinski definition) is 10. The number of rotatable bonds is 67. The zero-order valence-corrected chi connectivity index (χ0v) is 59.7. The zero-order valence-electron chi connectivity index (χ0n) is 59.7. The second kappa shape index (κ2) is 67.8. The lowest BCUT2D eigenvalue weighted by molar-refractivity contribution is -0.305. The molecule has 8 unspecified atom stereocenters. The maximum absolute atomic E-state index is 13.5. The van der Waals surface area contributed by atoms with Crippen LogP contribution in [-0.2, 0) is 23.8 Å². The molecule has 0 aromatic heterocycles. The van der Waals surface area contributed by atoms with Crippen LogP contribution < -0.4 is 5.32 Å². The summed E-state index contributed by atoms with van der Waals surface area (Å²) < 4.78 is 17.7. The summed E-state index contributed by atoms with van der Waals surface area (Å²) >= 11 is 0. The van der Waals surface area contributed by atoms with E-state index >= 15 is 0 Å². The van der Waals surface area contributed by atoms with Crippen LogP contribution >= 0.6 is 0 Å². The van der Waals surface area contributed by atoms with Gasteiger partial charge in [-0.2, -0.15) is 0 Å². The molecule has 1 saturated heterocycles. The van der Waals surface area contributed by atoms with Gasteiger partial charge in [-0.15, -0.1) is 0 Å². The van der Waals surface area contributed by atoms with E-state index < -0.39 is 67.4 Å². The largest absolute Gasteiger partial charge is 0.454 e. The first kappa shape index (κ1) is 86.9. The molecule has 0 aromatic carbocycles. The van der Waals surface area contributed by atoms with Gasteiger partial charge < -0.3 is 45.1 Å². The quantitative estimate of drug-likeness (QED) is 0.0195. The first-order valence-electron chi connectivity index (χ1n) is 38.9. The van der Waals surface area contributed by atoms with Gasteiger partial charge in [-0.1, -0.05) is 331 Å². The molecule has 0 saturated carbocycles. The maximum atomic E-state index is 13.5. The van der Waals surface area contributed by atoms with E-state index in [1.165, 1.54) is 218 Å². The van der Waals surface area contributed by atoms with Crippen LogP contribution in [0.2, 0.25) is 0 Å². The summed E-state index contributed by atoms with van der Waals surface area (Å²) in [5, 5.41) is 57.4. The standard InChI is InChI=1S/C81H145NO10/c1-4-7-10-13-16-19-22-25-27-29-31-33-35-37-38-39-41-43-45-47-49-51-54-57-60-63-66-69-76(86)92-79-78(88)77(87)75(70-83)91-81(79)90-71-72(73(84)67-64-61-58-55-52-24-21-18-15-12-9-6-3)82-80(89)74(85)68-65-62-59-56-53-50-48-46-44-42-40-36-34-32-30-28-26-23-20-17-14-11-8-5-2/h16-17,19-20,25-28,31,33,37-38,64,67,72-75,77-79,81,83-85,87-88H,4-15,18,21-24,29-30,32,34-36,39-63,65-66,68-71H2,1-3H3,(H,82,89)/b19-16-,20-17-,27-25-,28-26-,33-31-,38-37-,67-64+. The third-order valence-corrected chi connectivity index (χ3v) is 18.0. The third kappa shape index (κ3) is 54.0. The Morgan fingerprint density at radius 3 is 1.14 bits per heavy atom. The molecule has 1 rings (SSSR count). The van der Waals surface area contributed by atoms with Gasteiger partial charge in [-0.05, 0) is 103 Å². The molecule has 11 nitrogen and oxygen atoms in total. The Labute approximate surface area is 565 Å². The molecule has 0 aromatic rings. The SMILES string of the molecule is CCCCC/C=C\C/C=C\C/C=C\C/C=C\CCCCCCCCCCCCCC(=O)OC1C(OCC(NC(=O)C(O)CCCCCCCCCCCCCCCC/C=C\C/C=C\CCCCC)C(O)/C=C/CCCCCCCCCCCC)OC(CO)C(O)C1O. The predicted octanol–water partition coefficient (Wildman–Crippen LogP) is 20.8. The number of allylic oxidation sites excluding steroid dienone is 13. The van der Waals surface area contributed by atoms with Crippen molar-refractivity contribution >= 4 is 11.9 Å². The van der Waals surface area contributed by atoms with Gasteiger partial charge in [0.05, 0.1) is 25.4 Å². The van der Waals surface area contributed by atoms with Crippen molar-refractivity contribution in [2.75, 3.05) is 13.2 Å². The summed E-state index contributed by atoms with van der Waals surface area (Å²) in [7, 11) is 0. The number of hydrogen-bond donors (Lipinski definition) is 6. The Morgan fingerprint density at radius 2 is 0.750 bits per heavy atom. The van der Waals surface area contributed by atoms with Crippen molar-refractivity contribution in [3.05, 3.63) is 85.1 Å². The Balaban J connectivity index is 2.51. The van der Waals surface area contributed by atoms with Gasteiger partial charge in [-0.25, -0.2) is 0 Å². The highest BCUT2D eigenvalue weighted by Gasteiger charge is 2.47. The highest BCUT2D eigenvalue weighted by Crippen LogP contribution is 2.26. The fraction of sp³-hybridized carbons (Fsp3) is 0.802. The Bertz CT molecular complexity index is 1830. The monoisotopic (exact) mass is 1290 g/mol. The minimum absolute atomic E-state index is 0.118. The Kier molecular flexibility index (Phi) is 64.0. The molecule has 1 aliphatic heterocycles. The number of carbonyl (C=O) groups excluding carboxylic acids is 2. The number of nitrogens with one attached hydrogen (secondary N) is 1. The van der Waals surface area contributed by atoms with Crippen molar-refractivity contribution in [2.45, 2.75) is 404 Å². The molecule has 0 spiro atoms. The molecule has 6 N–H and O–H groups in total. The number of aliphatic hydroxyl groups is 5. The molecule has 0 aliphatic carbocycles. The van der Waals surface area contributed by atoms with Gasteiger partial charge in [0, 0.05) is 6.42 Å². The molecule has 92 heavy (non-hydrogen) atoms. The van der Waals surface area contributed by atoms with E-state index in [4.69, 9.17) is 14.2 Å². The maximum Gasteiger partial charge on any atom is 0.306 e. The van der Waals surface area contributed by atoms with Gasteiger partial charge >= 0.3 is 5.97 Å². The van der Waals surface area contributed by atoms with E-state index in [0.717, 1.165) is 89.9 Å². The first-order valence-corrected chi connectivity index (χ1v) is 38.9. The van der Waals surface area contributed by atoms with Gasteiger partial charge in [0.2, 0.25) is 5.91 Å². The average Bonchev–Trinajstić information content (AvgIpc) is 0.875. The number of amides is 1. The van der Waals surface area contributed by atoms with E-state index in [2.05, 4.69) is 99.0 Å². The highest BCUT2D eigenvalue weighted by atomic mass is 16.7. The van der Waals surface area contributed by atoms with E-state index in [9.17, 15) is 35.1 Å². The zero-order chi connectivity index (χ0) is 66.7. The molecule has 1 amide bonds. The molecule has 1 fully saturated rings. The summed E-state index contributed by atoms with van der Waals surface area (Å²) in [4.78, 5) is 26.8. The van der Waals surface area contributed by atoms with Gasteiger partial charge in [0.15, 0.2) is 12.4 Å². The van der Waals surface area contributed by atoms with Crippen molar-refractivity contribution in [1.29, 1.82) is 0 Å². The summed E-state index contributed by atoms with van der Waals surface area (Å²) in [5.41, 5.74) is 0. The first-order chi connectivity index (χ1) is 45.2. The van der Waals surface area contributed by atoms with E-state index in [1.807, 2.05) is 6.08 Å². The second-order valence-corrected chi connectivity index (χ2v) is 26.7. The molecule has 8 atom stereocenters. The molecule has 1 heterocycles. The van der Waals surface area contributed by atoms with Crippen LogP contribution in [0.5, 0.6) is 0 Å². The molecule has 0 radical (unpaired) electrons. The molecule has 534 valence electrons. The minimum Gasteiger partial charge on any atom is -0.454 e. The van der Waals surface area contributed by atoms with Gasteiger partial charge in [0.1, 0.15) is 24.4 Å².